The first kappa shape index (κ1) is 24.9. The fraction of sp³-hybridized carbons (Fsp3) is 0.217. The van der Waals surface area contributed by atoms with Gasteiger partial charge in [0.05, 0.1) is 12.3 Å². The standard InChI is InChI=1S/C23H23F2N3O5S/c1-4-34(31,32)27-17-6-8-21(33-22-7-5-16(24)10-19(22)25)18(11-17)15-9-20(26-12-14(2)29)23(30)28(3)13-15/h5-11,13,26-27H,4,12H2,1-3H3. The number of rotatable bonds is 9. The van der Waals surface area contributed by atoms with E-state index in [2.05, 4.69) is 10.0 Å². The average molecular weight is 492 g/mol. The minimum Gasteiger partial charge on any atom is -0.454 e. The van der Waals surface area contributed by atoms with Crippen LogP contribution in [0.3, 0.4) is 0 Å². The number of halogens is 2. The molecule has 11 heteroatoms. The van der Waals surface area contributed by atoms with Crippen LogP contribution in [0.5, 0.6) is 11.5 Å². The lowest BCUT2D eigenvalue weighted by atomic mass is 10.0. The Bertz CT molecular complexity index is 1400. The summed E-state index contributed by atoms with van der Waals surface area (Å²) in [6.45, 7) is 2.78. The Morgan fingerprint density at radius 1 is 1.09 bits per heavy atom. The quantitative estimate of drug-likeness (QED) is 0.471. The summed E-state index contributed by atoms with van der Waals surface area (Å²) in [5.74, 6) is -2.15. The van der Waals surface area contributed by atoms with Crippen molar-refractivity contribution in [1.82, 2.24) is 4.57 Å². The van der Waals surface area contributed by atoms with Crippen LogP contribution in [0.25, 0.3) is 11.1 Å². The molecule has 0 saturated carbocycles. The van der Waals surface area contributed by atoms with Crippen molar-refractivity contribution in [2.24, 2.45) is 7.05 Å². The molecule has 0 radical (unpaired) electrons. The molecule has 0 aliphatic rings. The van der Waals surface area contributed by atoms with Crippen LogP contribution >= 0.6 is 0 Å². The third-order valence-electron chi connectivity index (χ3n) is 4.77. The maximum atomic E-state index is 14.2. The molecule has 3 rings (SSSR count). The molecule has 0 spiro atoms. The maximum Gasteiger partial charge on any atom is 0.273 e. The van der Waals surface area contributed by atoms with Crippen molar-refractivity contribution >= 4 is 27.2 Å². The fourth-order valence-electron chi connectivity index (χ4n) is 3.04. The van der Waals surface area contributed by atoms with E-state index in [1.807, 2.05) is 0 Å². The summed E-state index contributed by atoms with van der Waals surface area (Å²) < 4.78 is 61.1. The molecule has 1 aromatic heterocycles. The summed E-state index contributed by atoms with van der Waals surface area (Å²) in [5.41, 5.74) is 0.703. The zero-order valence-electron chi connectivity index (χ0n) is 18.7. The zero-order chi connectivity index (χ0) is 25.0. The van der Waals surface area contributed by atoms with Gasteiger partial charge in [-0.1, -0.05) is 0 Å². The van der Waals surface area contributed by atoms with E-state index < -0.39 is 21.7 Å². The lowest BCUT2D eigenvalue weighted by Gasteiger charge is -2.16. The van der Waals surface area contributed by atoms with E-state index in [1.165, 1.54) is 55.9 Å². The van der Waals surface area contributed by atoms with Crippen molar-refractivity contribution in [3.63, 3.8) is 0 Å². The smallest absolute Gasteiger partial charge is 0.273 e. The highest BCUT2D eigenvalue weighted by Crippen LogP contribution is 2.37. The number of pyridine rings is 1. The third kappa shape index (κ3) is 5.98. The van der Waals surface area contributed by atoms with Crippen molar-refractivity contribution in [1.29, 1.82) is 0 Å². The van der Waals surface area contributed by atoms with E-state index in [0.717, 1.165) is 12.1 Å². The van der Waals surface area contributed by atoms with Crippen molar-refractivity contribution in [3.8, 4) is 22.6 Å². The Labute approximate surface area is 195 Å². The van der Waals surface area contributed by atoms with Gasteiger partial charge in [-0.2, -0.15) is 0 Å². The predicted octanol–water partition coefficient (Wildman–Crippen LogP) is 3.89. The SMILES string of the molecule is CCS(=O)(=O)Nc1ccc(Oc2ccc(F)cc2F)c(-c2cc(NCC(C)=O)c(=O)n(C)c2)c1. The average Bonchev–Trinajstić information content (AvgIpc) is 2.77. The summed E-state index contributed by atoms with van der Waals surface area (Å²) >= 11 is 0. The molecule has 180 valence electrons. The summed E-state index contributed by atoms with van der Waals surface area (Å²) in [5, 5.41) is 2.77. The van der Waals surface area contributed by atoms with Crippen LogP contribution in [0.15, 0.2) is 53.5 Å². The van der Waals surface area contributed by atoms with Gasteiger partial charge in [0.15, 0.2) is 11.6 Å². The van der Waals surface area contributed by atoms with Crippen molar-refractivity contribution in [2.45, 2.75) is 13.8 Å². The number of hydrogen-bond acceptors (Lipinski definition) is 6. The van der Waals surface area contributed by atoms with Gasteiger partial charge in [-0.25, -0.2) is 17.2 Å². The molecule has 0 fully saturated rings. The van der Waals surface area contributed by atoms with E-state index >= 15 is 0 Å². The number of nitrogens with one attached hydrogen (secondary N) is 2. The second-order valence-corrected chi connectivity index (χ2v) is 9.52. The largest absolute Gasteiger partial charge is 0.454 e. The van der Waals surface area contributed by atoms with Crippen LogP contribution in [0.4, 0.5) is 20.2 Å². The number of Topliss-reactive ketones (excluding diaryl/α,β-unsaturated/α-hetero) is 1. The molecule has 0 saturated heterocycles. The number of ether oxygens (including phenoxy) is 1. The molecule has 0 aliphatic heterocycles. The molecule has 0 bridgehead atoms. The second kappa shape index (κ2) is 10.0. The van der Waals surface area contributed by atoms with Gasteiger partial charge < -0.3 is 14.6 Å². The number of hydrogen-bond donors (Lipinski definition) is 2. The van der Waals surface area contributed by atoms with Gasteiger partial charge in [-0.15, -0.1) is 0 Å². The molecular weight excluding hydrogens is 468 g/mol. The lowest BCUT2D eigenvalue weighted by Crippen LogP contribution is -2.23. The molecule has 0 aliphatic carbocycles. The number of aromatic nitrogens is 1. The van der Waals surface area contributed by atoms with Crippen LogP contribution in [-0.4, -0.2) is 31.1 Å². The van der Waals surface area contributed by atoms with Gasteiger partial charge >= 0.3 is 0 Å². The predicted molar refractivity (Wildman–Crippen MR) is 126 cm³/mol. The van der Waals surface area contributed by atoms with Crippen molar-refractivity contribution in [2.75, 3.05) is 22.3 Å². The zero-order valence-corrected chi connectivity index (χ0v) is 19.5. The van der Waals surface area contributed by atoms with Crippen molar-refractivity contribution < 1.29 is 26.7 Å². The fourth-order valence-corrected chi connectivity index (χ4v) is 3.67. The number of nitrogens with zero attached hydrogens (tertiary/aromatic N) is 1. The van der Waals surface area contributed by atoms with Gasteiger partial charge in [-0.05, 0) is 50.2 Å². The third-order valence-corrected chi connectivity index (χ3v) is 6.08. The monoisotopic (exact) mass is 491 g/mol. The van der Waals surface area contributed by atoms with E-state index in [9.17, 15) is 26.8 Å². The number of carbonyl (C=O) groups excluding carboxylic acids is 1. The molecule has 1 heterocycles. The molecule has 2 aromatic carbocycles. The number of aryl methyl sites for hydroxylation is 1. The molecule has 0 atom stereocenters. The van der Waals surface area contributed by atoms with Crippen LogP contribution in [-0.2, 0) is 21.9 Å². The first-order valence-electron chi connectivity index (χ1n) is 10.2. The summed E-state index contributed by atoms with van der Waals surface area (Å²) in [4.78, 5) is 23.9. The van der Waals surface area contributed by atoms with E-state index in [0.29, 0.717) is 17.2 Å². The number of carbonyl (C=O) groups is 1. The number of sulfonamides is 1. The number of anilines is 2. The van der Waals surface area contributed by atoms with Gasteiger partial charge in [0.1, 0.15) is 23.0 Å². The van der Waals surface area contributed by atoms with Gasteiger partial charge in [-0.3, -0.25) is 14.3 Å². The Kier molecular flexibility index (Phi) is 7.35. The normalized spacial score (nSPS) is 11.2. The van der Waals surface area contributed by atoms with Crippen molar-refractivity contribution in [3.05, 3.63) is 70.6 Å². The van der Waals surface area contributed by atoms with E-state index in [1.54, 1.807) is 0 Å². The number of ketones is 1. The van der Waals surface area contributed by atoms with E-state index in [4.69, 9.17) is 4.74 Å². The van der Waals surface area contributed by atoms with Crippen LogP contribution in [0.2, 0.25) is 0 Å². The minimum atomic E-state index is -3.59. The molecular formula is C23H23F2N3O5S. The first-order valence-corrected chi connectivity index (χ1v) is 11.9. The topological polar surface area (TPSA) is 106 Å². The maximum absolute atomic E-state index is 14.2. The first-order chi connectivity index (χ1) is 16.0. The highest BCUT2D eigenvalue weighted by Gasteiger charge is 2.16. The Morgan fingerprint density at radius 3 is 2.44 bits per heavy atom. The van der Waals surface area contributed by atoms with Crippen LogP contribution < -0.4 is 20.3 Å². The highest BCUT2D eigenvalue weighted by atomic mass is 32.2. The minimum absolute atomic E-state index is 0.0703. The Morgan fingerprint density at radius 2 is 1.79 bits per heavy atom. The van der Waals surface area contributed by atoms with Gasteiger partial charge in [0.2, 0.25) is 10.0 Å². The summed E-state index contributed by atoms with van der Waals surface area (Å²) in [7, 11) is -2.08. The van der Waals surface area contributed by atoms with Crippen LogP contribution in [0, 0.1) is 11.6 Å². The summed E-state index contributed by atoms with van der Waals surface area (Å²) in [6, 6.07) is 8.66. The van der Waals surface area contributed by atoms with Crippen LogP contribution in [0.1, 0.15) is 13.8 Å². The van der Waals surface area contributed by atoms with E-state index in [-0.39, 0.29) is 46.5 Å². The molecule has 0 unspecified atom stereocenters. The molecule has 2 N–H and O–H groups in total. The second-order valence-electron chi connectivity index (χ2n) is 7.51. The van der Waals surface area contributed by atoms with Gasteiger partial charge in [0.25, 0.3) is 5.56 Å². The molecule has 8 nitrogen and oxygen atoms in total. The highest BCUT2D eigenvalue weighted by molar-refractivity contribution is 7.92. The molecule has 3 aromatic rings. The van der Waals surface area contributed by atoms with Gasteiger partial charge in [0, 0.05) is 36.1 Å². The molecule has 34 heavy (non-hydrogen) atoms. The molecule has 0 amide bonds. The number of benzene rings is 2. The Hall–Kier alpha value is -3.73. The summed E-state index contributed by atoms with van der Waals surface area (Å²) in [6.07, 6.45) is 1.49. The Balaban J connectivity index is 2.15. The lowest BCUT2D eigenvalue weighted by molar-refractivity contribution is -0.115.